The molecule has 2 aliphatic rings. The molecule has 2 aromatic rings. The summed E-state index contributed by atoms with van der Waals surface area (Å²) in [6, 6.07) is 9.63. The third kappa shape index (κ3) is 1.96. The van der Waals surface area contributed by atoms with Gasteiger partial charge in [-0.1, -0.05) is 12.1 Å². The number of fused-ring (bicyclic) bond motifs is 4. The molecule has 0 unspecified atom stereocenters. The second-order valence-corrected chi connectivity index (χ2v) is 5.21. The van der Waals surface area contributed by atoms with Crippen molar-refractivity contribution in [3.05, 3.63) is 52.3 Å². The van der Waals surface area contributed by atoms with Crippen LogP contribution >= 0.6 is 0 Å². The first-order valence-electron chi connectivity index (χ1n) is 6.92. The second-order valence-electron chi connectivity index (χ2n) is 5.21. The quantitative estimate of drug-likeness (QED) is 0.330. The topological polar surface area (TPSA) is 93.3 Å². The third-order valence-corrected chi connectivity index (χ3v) is 3.64. The van der Waals surface area contributed by atoms with Crippen LogP contribution in [0.15, 0.2) is 45.6 Å². The minimum Gasteiger partial charge on any atom is -0.507 e. The van der Waals surface area contributed by atoms with Gasteiger partial charge in [0.05, 0.1) is 5.39 Å². The first-order chi connectivity index (χ1) is 11.0. The number of benzene rings is 2. The number of para-hydroxylation sites is 2. The zero-order valence-electron chi connectivity index (χ0n) is 12.0. The average molecular weight is 306 g/mol. The molecule has 0 fully saturated rings. The van der Waals surface area contributed by atoms with E-state index >= 15 is 0 Å². The fourth-order valence-corrected chi connectivity index (χ4v) is 2.57. The van der Waals surface area contributed by atoms with Gasteiger partial charge in [-0.25, -0.2) is 9.97 Å². The van der Waals surface area contributed by atoms with Gasteiger partial charge in [0, 0.05) is 19.1 Å². The van der Waals surface area contributed by atoms with Gasteiger partial charge >= 0.3 is 0 Å². The molecule has 4 rings (SSSR count). The van der Waals surface area contributed by atoms with E-state index in [9.17, 15) is 14.7 Å². The first kappa shape index (κ1) is 13.4. The van der Waals surface area contributed by atoms with E-state index in [2.05, 4.69) is 9.97 Å². The van der Waals surface area contributed by atoms with Crippen LogP contribution < -0.4 is 5.43 Å². The largest absolute Gasteiger partial charge is 0.507 e. The van der Waals surface area contributed by atoms with E-state index in [-0.39, 0.29) is 33.9 Å². The molecule has 0 atom stereocenters. The van der Waals surface area contributed by atoms with Crippen molar-refractivity contribution in [1.29, 1.82) is 0 Å². The van der Waals surface area contributed by atoms with Crippen molar-refractivity contribution in [1.82, 2.24) is 9.97 Å². The SMILES string of the molecule is CC(=O)c1cc(O)c2c3nc4ccccc4oc-3cc(=O)c2n1. The number of hydrogen-bond donors (Lipinski definition) is 1. The average Bonchev–Trinajstić information content (AvgIpc) is 2.53. The molecule has 1 N–H and O–H groups in total. The number of carbonyl (C=O) groups excluding carboxylic acids is 1. The summed E-state index contributed by atoms with van der Waals surface area (Å²) in [6.07, 6.45) is 0. The summed E-state index contributed by atoms with van der Waals surface area (Å²) in [5.74, 6) is -0.299. The van der Waals surface area contributed by atoms with E-state index in [1.54, 1.807) is 18.2 Å². The molecule has 1 aliphatic carbocycles. The lowest BCUT2D eigenvalue weighted by Gasteiger charge is -2.10. The van der Waals surface area contributed by atoms with Crippen LogP contribution in [-0.2, 0) is 0 Å². The minimum absolute atomic E-state index is 0.000631. The number of pyridine rings is 1. The van der Waals surface area contributed by atoms with Gasteiger partial charge in [0.15, 0.2) is 17.1 Å². The number of Topliss-reactive ketones (excluding diaryl/α,β-unsaturated/α-hetero) is 1. The molecular formula is C17H10N2O4. The Bertz CT molecular complexity index is 1130. The molecular weight excluding hydrogens is 296 g/mol. The smallest absolute Gasteiger partial charge is 0.208 e. The lowest BCUT2D eigenvalue weighted by atomic mass is 10.1. The lowest BCUT2D eigenvalue weighted by molar-refractivity contribution is 0.101. The van der Waals surface area contributed by atoms with Gasteiger partial charge in [-0.2, -0.15) is 0 Å². The van der Waals surface area contributed by atoms with Gasteiger partial charge < -0.3 is 9.52 Å². The summed E-state index contributed by atoms with van der Waals surface area (Å²) in [4.78, 5) is 32.3. The fraction of sp³-hybridized carbons (Fsp3) is 0.0588. The molecule has 0 amide bonds. The molecule has 0 saturated heterocycles. The van der Waals surface area contributed by atoms with Crippen LogP contribution in [0.3, 0.4) is 0 Å². The number of carbonyl (C=O) groups is 1. The van der Waals surface area contributed by atoms with Gasteiger partial charge in [0.1, 0.15) is 28.2 Å². The second kappa shape index (κ2) is 4.61. The van der Waals surface area contributed by atoms with Crippen molar-refractivity contribution < 1.29 is 14.3 Å². The predicted molar refractivity (Wildman–Crippen MR) is 83.9 cm³/mol. The Morgan fingerprint density at radius 3 is 2.74 bits per heavy atom. The molecule has 6 nitrogen and oxygen atoms in total. The summed E-state index contributed by atoms with van der Waals surface area (Å²) < 4.78 is 5.70. The molecule has 0 bridgehead atoms. The van der Waals surface area contributed by atoms with Crippen LogP contribution in [0.5, 0.6) is 5.75 Å². The highest BCUT2D eigenvalue weighted by Crippen LogP contribution is 2.34. The number of ketones is 1. The predicted octanol–water partition coefficient (Wildman–Crippen LogP) is 2.75. The van der Waals surface area contributed by atoms with Crippen molar-refractivity contribution in [2.45, 2.75) is 6.92 Å². The van der Waals surface area contributed by atoms with Crippen molar-refractivity contribution in [3.8, 4) is 17.2 Å². The summed E-state index contributed by atoms with van der Waals surface area (Å²) in [7, 11) is 0. The summed E-state index contributed by atoms with van der Waals surface area (Å²) in [6.45, 7) is 1.32. The maximum atomic E-state index is 12.3. The zero-order valence-corrected chi connectivity index (χ0v) is 12.0. The van der Waals surface area contributed by atoms with Crippen LogP contribution in [0.25, 0.3) is 33.5 Å². The minimum atomic E-state index is -0.438. The monoisotopic (exact) mass is 306 g/mol. The van der Waals surface area contributed by atoms with Crippen LogP contribution in [0, 0.1) is 0 Å². The molecule has 1 aliphatic heterocycles. The highest BCUT2D eigenvalue weighted by molar-refractivity contribution is 6.02. The van der Waals surface area contributed by atoms with Gasteiger partial charge in [-0.15, -0.1) is 0 Å². The Kier molecular flexibility index (Phi) is 2.68. The Morgan fingerprint density at radius 2 is 1.96 bits per heavy atom. The van der Waals surface area contributed by atoms with Gasteiger partial charge in [-0.3, -0.25) is 9.59 Å². The molecule has 0 saturated carbocycles. The van der Waals surface area contributed by atoms with Crippen LogP contribution in [0.4, 0.5) is 0 Å². The molecule has 0 radical (unpaired) electrons. The van der Waals surface area contributed by atoms with Crippen LogP contribution in [0.2, 0.25) is 0 Å². The zero-order chi connectivity index (χ0) is 16.1. The van der Waals surface area contributed by atoms with E-state index in [4.69, 9.17) is 4.42 Å². The molecule has 1 aromatic carbocycles. The Morgan fingerprint density at radius 1 is 1.17 bits per heavy atom. The highest BCUT2D eigenvalue weighted by atomic mass is 16.3. The molecule has 1 aromatic heterocycles. The van der Waals surface area contributed by atoms with E-state index in [0.717, 1.165) is 0 Å². The van der Waals surface area contributed by atoms with E-state index in [0.29, 0.717) is 16.8 Å². The Hall–Kier alpha value is -3.28. The molecule has 0 spiro atoms. The van der Waals surface area contributed by atoms with E-state index in [1.165, 1.54) is 19.1 Å². The van der Waals surface area contributed by atoms with Crippen molar-refractivity contribution in [2.75, 3.05) is 0 Å². The summed E-state index contributed by atoms with van der Waals surface area (Å²) >= 11 is 0. The lowest BCUT2D eigenvalue weighted by Crippen LogP contribution is -2.09. The van der Waals surface area contributed by atoms with Crippen molar-refractivity contribution >= 4 is 27.8 Å². The van der Waals surface area contributed by atoms with E-state index < -0.39 is 5.43 Å². The number of aromatic nitrogens is 2. The first-order valence-corrected chi connectivity index (χ1v) is 6.92. The maximum absolute atomic E-state index is 12.3. The van der Waals surface area contributed by atoms with Gasteiger partial charge in [0.2, 0.25) is 5.43 Å². The molecule has 6 heteroatoms. The summed E-state index contributed by atoms with van der Waals surface area (Å²) in [5, 5.41) is 10.5. The Labute approximate surface area is 129 Å². The normalized spacial score (nSPS) is 11.3. The Balaban J connectivity index is 2.23. The van der Waals surface area contributed by atoms with Crippen molar-refractivity contribution in [3.63, 3.8) is 0 Å². The number of aromatic hydroxyl groups is 1. The van der Waals surface area contributed by atoms with Gasteiger partial charge in [0.25, 0.3) is 0 Å². The van der Waals surface area contributed by atoms with Crippen LogP contribution in [0.1, 0.15) is 17.4 Å². The molecule has 112 valence electrons. The molecule has 2 heterocycles. The van der Waals surface area contributed by atoms with Crippen LogP contribution in [-0.4, -0.2) is 20.9 Å². The van der Waals surface area contributed by atoms with E-state index in [1.807, 2.05) is 6.07 Å². The third-order valence-electron chi connectivity index (χ3n) is 3.64. The molecule has 23 heavy (non-hydrogen) atoms. The summed E-state index contributed by atoms with van der Waals surface area (Å²) in [5.41, 5.74) is 1.05. The number of nitrogens with zero attached hydrogens (tertiary/aromatic N) is 2. The fourth-order valence-electron chi connectivity index (χ4n) is 2.57. The standard InChI is InChI=1S/C17H10N2O4/c1-8(20)10-6-11(21)15-16(19-10)12(22)7-14-17(15)18-9-4-2-3-5-13(9)23-14/h2-7H,1H3,(H,19,21). The number of hydrogen-bond acceptors (Lipinski definition) is 6. The van der Waals surface area contributed by atoms with Gasteiger partial charge in [-0.05, 0) is 12.1 Å². The highest BCUT2D eigenvalue weighted by Gasteiger charge is 2.20. The number of rotatable bonds is 1. The maximum Gasteiger partial charge on any atom is 0.208 e. The van der Waals surface area contributed by atoms with Crippen molar-refractivity contribution in [2.24, 2.45) is 0 Å².